The molecule has 1 aromatic heterocycles. The molecule has 2 rings (SSSR count). The zero-order valence-electron chi connectivity index (χ0n) is 12.9. The smallest absolute Gasteiger partial charge is 0.273 e. The van der Waals surface area contributed by atoms with Crippen LogP contribution in [0, 0.1) is 5.82 Å². The molecule has 0 fully saturated rings. The van der Waals surface area contributed by atoms with Gasteiger partial charge in [0.25, 0.3) is 5.91 Å². The summed E-state index contributed by atoms with van der Waals surface area (Å²) in [5, 5.41) is 2.53. The molecule has 0 unspecified atom stereocenters. The van der Waals surface area contributed by atoms with Crippen molar-refractivity contribution >= 4 is 45.6 Å². The largest absolute Gasteiger partial charge is 0.330 e. The van der Waals surface area contributed by atoms with E-state index in [1.165, 1.54) is 22.3 Å². The summed E-state index contributed by atoms with van der Waals surface area (Å²) in [5.41, 5.74) is 6.29. The molecule has 8 heteroatoms. The highest BCUT2D eigenvalue weighted by molar-refractivity contribution is 9.10. The van der Waals surface area contributed by atoms with Crippen molar-refractivity contribution in [1.82, 2.24) is 9.88 Å². The van der Waals surface area contributed by atoms with Gasteiger partial charge in [-0.1, -0.05) is 22.0 Å². The molecule has 24 heavy (non-hydrogen) atoms. The third kappa shape index (κ3) is 5.37. The number of carbonyl (C=O) groups excluding carboxylic acids is 1. The average molecular weight is 435 g/mol. The van der Waals surface area contributed by atoms with Crippen molar-refractivity contribution in [3.63, 3.8) is 0 Å². The van der Waals surface area contributed by atoms with Crippen molar-refractivity contribution < 1.29 is 9.18 Å². The first-order chi connectivity index (χ1) is 11.0. The molecular formula is C16H18BrClFN3OS. The van der Waals surface area contributed by atoms with Crippen LogP contribution in [0.1, 0.15) is 21.1 Å². The van der Waals surface area contributed by atoms with E-state index in [4.69, 9.17) is 5.73 Å². The number of benzene rings is 1. The molecule has 2 N–H and O–H groups in total. The van der Waals surface area contributed by atoms with Crippen LogP contribution < -0.4 is 5.73 Å². The molecule has 0 radical (unpaired) electrons. The minimum absolute atomic E-state index is 0. The van der Waals surface area contributed by atoms with Crippen molar-refractivity contribution in [1.29, 1.82) is 0 Å². The van der Waals surface area contributed by atoms with Crippen molar-refractivity contribution in [2.24, 2.45) is 5.73 Å². The summed E-state index contributed by atoms with van der Waals surface area (Å²) in [7, 11) is 0. The van der Waals surface area contributed by atoms with Gasteiger partial charge in [0.1, 0.15) is 11.5 Å². The maximum atomic E-state index is 13.9. The van der Waals surface area contributed by atoms with Crippen LogP contribution in [0.2, 0.25) is 0 Å². The topological polar surface area (TPSA) is 59.2 Å². The van der Waals surface area contributed by atoms with E-state index in [2.05, 4.69) is 27.5 Å². The van der Waals surface area contributed by atoms with Crippen molar-refractivity contribution in [3.8, 4) is 0 Å². The Labute approximate surface area is 159 Å². The Balaban J connectivity index is 0.00000288. The van der Waals surface area contributed by atoms with Gasteiger partial charge in [-0.2, -0.15) is 0 Å². The number of nitrogens with zero attached hydrogens (tertiary/aromatic N) is 2. The summed E-state index contributed by atoms with van der Waals surface area (Å²) in [5.74, 6) is -0.596. The number of hydrogen-bond acceptors (Lipinski definition) is 4. The number of carbonyl (C=O) groups is 1. The number of thiazole rings is 1. The van der Waals surface area contributed by atoms with Crippen LogP contribution in [0.15, 0.2) is 40.7 Å². The second-order valence-electron chi connectivity index (χ2n) is 4.88. The summed E-state index contributed by atoms with van der Waals surface area (Å²) in [4.78, 5) is 18.4. The van der Waals surface area contributed by atoms with E-state index in [1.807, 2.05) is 0 Å². The highest BCUT2D eigenvalue weighted by Crippen LogP contribution is 2.19. The third-order valence-corrected chi connectivity index (χ3v) is 4.54. The van der Waals surface area contributed by atoms with E-state index in [0.717, 1.165) is 9.48 Å². The van der Waals surface area contributed by atoms with E-state index in [9.17, 15) is 9.18 Å². The molecule has 1 amide bonds. The molecule has 2 aromatic rings. The molecule has 130 valence electrons. The van der Waals surface area contributed by atoms with E-state index in [-0.39, 0.29) is 30.7 Å². The Kier molecular flexibility index (Phi) is 8.55. The fraction of sp³-hybridized carbons (Fsp3) is 0.250. The number of halogens is 3. The first-order valence-corrected chi connectivity index (χ1v) is 8.71. The fourth-order valence-electron chi connectivity index (χ4n) is 2.05. The first-order valence-electron chi connectivity index (χ1n) is 7.03. The second-order valence-corrected chi connectivity index (χ2v) is 6.73. The Bertz CT molecular complexity index is 710. The Hall–Kier alpha value is -1.28. The van der Waals surface area contributed by atoms with Crippen molar-refractivity contribution in [3.05, 3.63) is 62.8 Å². The van der Waals surface area contributed by atoms with Gasteiger partial charge in [0.05, 0.1) is 5.01 Å². The monoisotopic (exact) mass is 433 g/mol. The molecule has 0 aliphatic carbocycles. The van der Waals surface area contributed by atoms with Crippen LogP contribution in [0.4, 0.5) is 4.39 Å². The van der Waals surface area contributed by atoms with Gasteiger partial charge in [0, 0.05) is 34.9 Å². The summed E-state index contributed by atoms with van der Waals surface area (Å²) in [6, 6.07) is 4.66. The van der Waals surface area contributed by atoms with Crippen molar-refractivity contribution in [2.75, 3.05) is 13.1 Å². The van der Waals surface area contributed by atoms with Gasteiger partial charge in [-0.05, 0) is 24.7 Å². The van der Waals surface area contributed by atoms with E-state index in [0.29, 0.717) is 30.8 Å². The van der Waals surface area contributed by atoms with Crippen LogP contribution in [0.5, 0.6) is 0 Å². The lowest BCUT2D eigenvalue weighted by molar-refractivity contribution is 0.0756. The maximum Gasteiger partial charge on any atom is 0.273 e. The highest BCUT2D eigenvalue weighted by Gasteiger charge is 2.19. The first kappa shape index (κ1) is 20.8. The quantitative estimate of drug-likeness (QED) is 0.674. The van der Waals surface area contributed by atoms with Gasteiger partial charge in [-0.3, -0.25) is 4.79 Å². The Morgan fingerprint density at radius 1 is 1.50 bits per heavy atom. The molecule has 0 atom stereocenters. The SMILES string of the molecule is C=CCN(Cc1cc(Br)ccc1F)C(=O)c1csc(CCN)n1.Cl. The summed E-state index contributed by atoms with van der Waals surface area (Å²) in [6.45, 7) is 4.62. The molecule has 4 nitrogen and oxygen atoms in total. The van der Waals surface area contributed by atoms with E-state index in [1.54, 1.807) is 23.6 Å². The predicted molar refractivity (Wildman–Crippen MR) is 101 cm³/mol. The number of nitrogens with two attached hydrogens (primary N) is 1. The molecule has 0 spiro atoms. The van der Waals surface area contributed by atoms with Crippen LogP contribution in [-0.2, 0) is 13.0 Å². The molecule has 0 bridgehead atoms. The molecule has 0 aliphatic rings. The lowest BCUT2D eigenvalue weighted by atomic mass is 10.2. The fourth-order valence-corrected chi connectivity index (χ4v) is 3.25. The lowest BCUT2D eigenvalue weighted by Crippen LogP contribution is -2.31. The minimum Gasteiger partial charge on any atom is -0.330 e. The zero-order chi connectivity index (χ0) is 16.8. The summed E-state index contributed by atoms with van der Waals surface area (Å²) >= 11 is 4.72. The van der Waals surface area contributed by atoms with Gasteiger partial charge in [0.15, 0.2) is 0 Å². The van der Waals surface area contributed by atoms with Crippen LogP contribution >= 0.6 is 39.7 Å². The molecule has 0 saturated heterocycles. The normalized spacial score (nSPS) is 10.1. The van der Waals surface area contributed by atoms with E-state index < -0.39 is 0 Å². The van der Waals surface area contributed by atoms with Crippen LogP contribution in [0.3, 0.4) is 0 Å². The maximum absolute atomic E-state index is 13.9. The number of rotatable bonds is 7. The van der Waals surface area contributed by atoms with E-state index >= 15 is 0 Å². The number of aromatic nitrogens is 1. The van der Waals surface area contributed by atoms with Crippen LogP contribution in [0.25, 0.3) is 0 Å². The Morgan fingerprint density at radius 2 is 2.25 bits per heavy atom. The summed E-state index contributed by atoms with van der Waals surface area (Å²) < 4.78 is 14.7. The molecule has 0 aliphatic heterocycles. The van der Waals surface area contributed by atoms with Crippen molar-refractivity contribution in [2.45, 2.75) is 13.0 Å². The van der Waals surface area contributed by atoms with Crippen LogP contribution in [-0.4, -0.2) is 28.9 Å². The van der Waals surface area contributed by atoms with Gasteiger partial charge in [0.2, 0.25) is 0 Å². The number of hydrogen-bond donors (Lipinski definition) is 1. The van der Waals surface area contributed by atoms with Gasteiger partial charge in [-0.25, -0.2) is 9.37 Å². The molecule has 0 saturated carbocycles. The average Bonchev–Trinajstić information content (AvgIpc) is 2.98. The second kappa shape index (κ2) is 9.88. The standard InChI is InChI=1S/C16H17BrFN3OS.ClH/c1-2-7-21(9-11-8-12(17)3-4-13(11)18)16(22)14-10-23-15(20-14)5-6-19;/h2-4,8,10H,1,5-7,9,19H2;1H. The molecular weight excluding hydrogens is 417 g/mol. The zero-order valence-corrected chi connectivity index (χ0v) is 16.1. The van der Waals surface area contributed by atoms with Gasteiger partial charge < -0.3 is 10.6 Å². The minimum atomic E-state index is -0.350. The highest BCUT2D eigenvalue weighted by atomic mass is 79.9. The number of amides is 1. The third-order valence-electron chi connectivity index (χ3n) is 3.13. The predicted octanol–water partition coefficient (Wildman–Crippen LogP) is 3.80. The van der Waals surface area contributed by atoms with Gasteiger partial charge >= 0.3 is 0 Å². The molecule has 1 heterocycles. The summed E-state index contributed by atoms with van der Waals surface area (Å²) in [6.07, 6.45) is 2.25. The Morgan fingerprint density at radius 3 is 2.92 bits per heavy atom. The lowest BCUT2D eigenvalue weighted by Gasteiger charge is -2.20. The van der Waals surface area contributed by atoms with Gasteiger partial charge in [-0.15, -0.1) is 30.3 Å². The molecule has 1 aromatic carbocycles.